The Labute approximate surface area is 165 Å². The van der Waals surface area contributed by atoms with Gasteiger partial charge in [0.1, 0.15) is 5.69 Å². The van der Waals surface area contributed by atoms with E-state index in [4.69, 9.17) is 0 Å². The number of fused-ring (bicyclic) bond motifs is 1. The third-order valence-electron chi connectivity index (χ3n) is 4.45. The van der Waals surface area contributed by atoms with Crippen molar-refractivity contribution in [3.63, 3.8) is 0 Å². The van der Waals surface area contributed by atoms with Gasteiger partial charge in [-0.2, -0.15) is 10.2 Å². The Hall–Kier alpha value is -3.73. The van der Waals surface area contributed by atoms with Crippen LogP contribution in [0.5, 0.6) is 0 Å². The normalized spacial score (nSPS) is 11.7. The first-order chi connectivity index (χ1) is 13.8. The summed E-state index contributed by atoms with van der Waals surface area (Å²) in [5.74, 6) is 0. The molecule has 11 heteroatoms. The van der Waals surface area contributed by atoms with Crippen LogP contribution in [0.15, 0.2) is 59.9 Å². The molecule has 0 radical (unpaired) electrons. The summed E-state index contributed by atoms with van der Waals surface area (Å²) in [5.41, 5.74) is 1.87. The zero-order valence-corrected chi connectivity index (χ0v) is 16.3. The lowest BCUT2D eigenvalue weighted by Crippen LogP contribution is -2.15. The Morgan fingerprint density at radius 2 is 1.90 bits per heavy atom. The molecule has 2 aromatic heterocycles. The Bertz CT molecular complexity index is 1360. The highest BCUT2D eigenvalue weighted by Gasteiger charge is 2.26. The van der Waals surface area contributed by atoms with Gasteiger partial charge in [-0.25, -0.2) is 13.1 Å². The van der Waals surface area contributed by atoms with Crippen molar-refractivity contribution < 1.29 is 13.3 Å². The molecule has 0 aliphatic carbocycles. The fourth-order valence-electron chi connectivity index (χ4n) is 3.06. The number of aromatic nitrogens is 4. The number of nitrogens with one attached hydrogen (secondary N) is 1. The summed E-state index contributed by atoms with van der Waals surface area (Å²) in [5, 5.41) is 20.5. The quantitative estimate of drug-likeness (QED) is 0.397. The standard InChI is InChI=1S/C18H16N6O4S/c1-12-7-13-9-20-23(14-10-19-22(2)11-14)17(13)8-15(12)21-29(27,28)18-6-4-3-5-16(18)24(25)26/h3-11,21H,1-2H3. The molecule has 0 saturated heterocycles. The van der Waals surface area contributed by atoms with E-state index < -0.39 is 25.5 Å². The van der Waals surface area contributed by atoms with Crippen molar-refractivity contribution in [3.05, 3.63) is 70.7 Å². The lowest BCUT2D eigenvalue weighted by molar-refractivity contribution is -0.387. The predicted octanol–water partition coefficient (Wildman–Crippen LogP) is 2.78. The van der Waals surface area contributed by atoms with Crippen LogP contribution in [-0.2, 0) is 17.1 Å². The monoisotopic (exact) mass is 412 g/mol. The van der Waals surface area contributed by atoms with E-state index in [-0.39, 0.29) is 0 Å². The molecule has 0 saturated carbocycles. The summed E-state index contributed by atoms with van der Waals surface area (Å²) in [6, 6.07) is 8.66. The van der Waals surface area contributed by atoms with Gasteiger partial charge in [0, 0.05) is 18.5 Å². The van der Waals surface area contributed by atoms with Crippen molar-refractivity contribution in [2.24, 2.45) is 7.05 Å². The van der Waals surface area contributed by atoms with E-state index in [1.807, 2.05) is 0 Å². The van der Waals surface area contributed by atoms with Crippen molar-refractivity contribution in [2.75, 3.05) is 4.72 Å². The van der Waals surface area contributed by atoms with Crippen molar-refractivity contribution in [3.8, 4) is 5.69 Å². The second kappa shape index (κ2) is 6.71. The van der Waals surface area contributed by atoms with Crippen molar-refractivity contribution in [2.45, 2.75) is 11.8 Å². The van der Waals surface area contributed by atoms with Crippen LogP contribution in [0.3, 0.4) is 0 Å². The number of rotatable bonds is 5. The molecule has 2 aromatic carbocycles. The third-order valence-corrected chi connectivity index (χ3v) is 5.86. The van der Waals surface area contributed by atoms with E-state index in [0.717, 1.165) is 17.1 Å². The number of anilines is 1. The molecule has 0 spiro atoms. The highest BCUT2D eigenvalue weighted by Crippen LogP contribution is 2.29. The topological polar surface area (TPSA) is 125 Å². The van der Waals surface area contributed by atoms with Gasteiger partial charge in [0.25, 0.3) is 15.7 Å². The summed E-state index contributed by atoms with van der Waals surface area (Å²) in [7, 11) is -2.39. The molecule has 148 valence electrons. The molecule has 10 nitrogen and oxygen atoms in total. The van der Waals surface area contributed by atoms with Gasteiger partial charge in [0.05, 0.1) is 34.7 Å². The van der Waals surface area contributed by atoms with E-state index >= 15 is 0 Å². The Morgan fingerprint density at radius 1 is 1.14 bits per heavy atom. The maximum absolute atomic E-state index is 12.9. The fraction of sp³-hybridized carbons (Fsp3) is 0.111. The smallest absolute Gasteiger partial charge is 0.279 e. The van der Waals surface area contributed by atoms with Gasteiger partial charge in [-0.05, 0) is 30.7 Å². The largest absolute Gasteiger partial charge is 0.289 e. The van der Waals surface area contributed by atoms with Gasteiger partial charge < -0.3 is 0 Å². The van der Waals surface area contributed by atoms with E-state index in [1.165, 1.54) is 18.2 Å². The molecule has 0 aliphatic rings. The molecule has 2 heterocycles. The summed E-state index contributed by atoms with van der Waals surface area (Å²) < 4.78 is 31.5. The van der Waals surface area contributed by atoms with Crippen LogP contribution in [0.1, 0.15) is 5.56 Å². The third kappa shape index (κ3) is 3.31. The van der Waals surface area contributed by atoms with Gasteiger partial charge in [0.2, 0.25) is 0 Å². The minimum atomic E-state index is -4.17. The average Bonchev–Trinajstić information content (AvgIpc) is 3.27. The predicted molar refractivity (Wildman–Crippen MR) is 106 cm³/mol. The number of sulfonamides is 1. The van der Waals surface area contributed by atoms with Gasteiger partial charge in [-0.3, -0.25) is 19.5 Å². The van der Waals surface area contributed by atoms with Crippen molar-refractivity contribution >= 4 is 32.3 Å². The molecule has 0 amide bonds. The van der Waals surface area contributed by atoms with Gasteiger partial charge in [-0.15, -0.1) is 0 Å². The number of nitro groups is 1. The SMILES string of the molecule is Cc1cc2cnn(-c3cnn(C)c3)c2cc1NS(=O)(=O)c1ccccc1[N+](=O)[O-]. The molecular weight excluding hydrogens is 396 g/mol. The molecule has 0 aliphatic heterocycles. The van der Waals surface area contributed by atoms with Crippen LogP contribution in [0, 0.1) is 17.0 Å². The summed E-state index contributed by atoms with van der Waals surface area (Å²) in [6.07, 6.45) is 5.10. The molecule has 0 bridgehead atoms. The van der Waals surface area contributed by atoms with E-state index in [2.05, 4.69) is 14.9 Å². The maximum Gasteiger partial charge on any atom is 0.289 e. The first kappa shape index (κ1) is 18.6. The van der Waals surface area contributed by atoms with E-state index in [0.29, 0.717) is 16.8 Å². The number of nitro benzene ring substituents is 1. The minimum absolute atomic E-state index is 0.307. The average molecular weight is 412 g/mol. The Kier molecular flexibility index (Phi) is 4.31. The van der Waals surface area contributed by atoms with E-state index in [1.54, 1.807) is 54.1 Å². The first-order valence-corrected chi connectivity index (χ1v) is 9.98. The van der Waals surface area contributed by atoms with Gasteiger partial charge >= 0.3 is 0 Å². The molecule has 1 N–H and O–H groups in total. The van der Waals surface area contributed by atoms with Crippen LogP contribution in [-0.4, -0.2) is 32.9 Å². The second-order valence-electron chi connectivity index (χ2n) is 6.48. The van der Waals surface area contributed by atoms with Gasteiger partial charge in [0.15, 0.2) is 4.90 Å². The fourth-order valence-corrected chi connectivity index (χ4v) is 4.35. The number of nitrogens with zero attached hydrogens (tertiary/aromatic N) is 5. The molecular formula is C18H16N6O4S. The van der Waals surface area contributed by atoms with Crippen LogP contribution < -0.4 is 4.72 Å². The molecule has 4 aromatic rings. The second-order valence-corrected chi connectivity index (χ2v) is 8.14. The number of aryl methyl sites for hydroxylation is 2. The summed E-state index contributed by atoms with van der Waals surface area (Å²) in [6.45, 7) is 1.75. The molecule has 29 heavy (non-hydrogen) atoms. The van der Waals surface area contributed by atoms with Crippen LogP contribution in [0.25, 0.3) is 16.6 Å². The lowest BCUT2D eigenvalue weighted by atomic mass is 10.1. The number of para-hydroxylation sites is 1. The zero-order valence-electron chi connectivity index (χ0n) is 15.5. The lowest BCUT2D eigenvalue weighted by Gasteiger charge is -2.12. The molecule has 4 rings (SSSR count). The van der Waals surface area contributed by atoms with Crippen LogP contribution >= 0.6 is 0 Å². The minimum Gasteiger partial charge on any atom is -0.279 e. The number of hydrogen-bond donors (Lipinski definition) is 1. The number of benzene rings is 2. The van der Waals surface area contributed by atoms with Crippen molar-refractivity contribution in [1.29, 1.82) is 0 Å². The van der Waals surface area contributed by atoms with E-state index in [9.17, 15) is 18.5 Å². The van der Waals surface area contributed by atoms with Crippen LogP contribution in [0.4, 0.5) is 11.4 Å². The highest BCUT2D eigenvalue weighted by molar-refractivity contribution is 7.92. The molecule has 0 atom stereocenters. The van der Waals surface area contributed by atoms with Crippen molar-refractivity contribution in [1.82, 2.24) is 19.6 Å². The first-order valence-electron chi connectivity index (χ1n) is 8.50. The number of hydrogen-bond acceptors (Lipinski definition) is 6. The Balaban J connectivity index is 1.80. The zero-order chi connectivity index (χ0) is 20.8. The van der Waals surface area contributed by atoms with Crippen LogP contribution in [0.2, 0.25) is 0 Å². The molecule has 0 fully saturated rings. The Morgan fingerprint density at radius 3 is 2.59 bits per heavy atom. The summed E-state index contributed by atoms with van der Waals surface area (Å²) >= 11 is 0. The summed E-state index contributed by atoms with van der Waals surface area (Å²) in [4.78, 5) is 10.1. The maximum atomic E-state index is 12.9. The highest BCUT2D eigenvalue weighted by atomic mass is 32.2. The molecule has 0 unspecified atom stereocenters. The van der Waals surface area contributed by atoms with Gasteiger partial charge in [-0.1, -0.05) is 12.1 Å².